The molecular formula is C18H17NO3. The van der Waals surface area contributed by atoms with Crippen molar-refractivity contribution < 1.29 is 13.9 Å². The first-order valence-corrected chi connectivity index (χ1v) is 7.03. The number of rotatable bonds is 3. The normalized spacial score (nSPS) is 10.7. The fourth-order valence-electron chi connectivity index (χ4n) is 2.52. The maximum absolute atomic E-state index is 12.6. The lowest BCUT2D eigenvalue weighted by atomic mass is 10.1. The molecule has 1 amide bonds. The SMILES string of the molecule is COc1ccc2oc(C)c(C(=O)Nc3cccc(C)c3)c2c1. The van der Waals surface area contributed by atoms with E-state index in [0.29, 0.717) is 22.7 Å². The molecule has 0 aliphatic heterocycles. The molecule has 3 rings (SSSR count). The van der Waals surface area contributed by atoms with Gasteiger partial charge in [0.15, 0.2) is 0 Å². The van der Waals surface area contributed by atoms with E-state index < -0.39 is 0 Å². The Bertz CT molecular complexity index is 849. The van der Waals surface area contributed by atoms with Crippen molar-refractivity contribution in [3.05, 3.63) is 59.4 Å². The Labute approximate surface area is 128 Å². The molecule has 22 heavy (non-hydrogen) atoms. The first-order chi connectivity index (χ1) is 10.6. The molecule has 0 bridgehead atoms. The lowest BCUT2D eigenvalue weighted by Gasteiger charge is -2.06. The topological polar surface area (TPSA) is 51.5 Å². The molecule has 0 aliphatic carbocycles. The van der Waals surface area contributed by atoms with Crippen molar-refractivity contribution in [1.82, 2.24) is 0 Å². The van der Waals surface area contributed by atoms with Crippen LogP contribution in [-0.4, -0.2) is 13.0 Å². The van der Waals surface area contributed by atoms with Gasteiger partial charge in [-0.3, -0.25) is 4.79 Å². The largest absolute Gasteiger partial charge is 0.497 e. The van der Waals surface area contributed by atoms with Crippen molar-refractivity contribution in [3.63, 3.8) is 0 Å². The molecule has 1 N–H and O–H groups in total. The maximum atomic E-state index is 12.6. The molecule has 0 aliphatic rings. The van der Waals surface area contributed by atoms with Crippen molar-refractivity contribution in [2.45, 2.75) is 13.8 Å². The molecule has 0 radical (unpaired) electrons. The van der Waals surface area contributed by atoms with Gasteiger partial charge in [-0.05, 0) is 49.7 Å². The Kier molecular flexibility index (Phi) is 3.59. The van der Waals surface area contributed by atoms with E-state index in [2.05, 4.69) is 5.32 Å². The summed E-state index contributed by atoms with van der Waals surface area (Å²) in [4.78, 5) is 12.6. The fourth-order valence-corrected chi connectivity index (χ4v) is 2.52. The standard InChI is InChI=1S/C18H17NO3/c1-11-5-4-6-13(9-11)19-18(20)17-12(2)22-16-8-7-14(21-3)10-15(16)17/h4-10H,1-3H3,(H,19,20). The van der Waals surface area contributed by atoms with Gasteiger partial charge < -0.3 is 14.5 Å². The molecular weight excluding hydrogens is 278 g/mol. The number of carbonyl (C=O) groups excluding carboxylic acids is 1. The number of aryl methyl sites for hydroxylation is 2. The molecule has 4 heteroatoms. The quantitative estimate of drug-likeness (QED) is 0.783. The first-order valence-electron chi connectivity index (χ1n) is 7.03. The summed E-state index contributed by atoms with van der Waals surface area (Å²) in [5, 5.41) is 3.67. The van der Waals surface area contributed by atoms with Gasteiger partial charge in [0.2, 0.25) is 0 Å². The summed E-state index contributed by atoms with van der Waals surface area (Å²) in [5.41, 5.74) is 3.07. The number of amides is 1. The van der Waals surface area contributed by atoms with Gasteiger partial charge in [0.1, 0.15) is 17.1 Å². The van der Waals surface area contributed by atoms with Crippen molar-refractivity contribution in [2.24, 2.45) is 0 Å². The summed E-state index contributed by atoms with van der Waals surface area (Å²) in [6.07, 6.45) is 0. The predicted molar refractivity (Wildman–Crippen MR) is 86.6 cm³/mol. The van der Waals surface area contributed by atoms with Gasteiger partial charge >= 0.3 is 0 Å². The van der Waals surface area contributed by atoms with Crippen molar-refractivity contribution in [3.8, 4) is 5.75 Å². The zero-order valence-corrected chi connectivity index (χ0v) is 12.8. The van der Waals surface area contributed by atoms with Crippen LogP contribution in [0.1, 0.15) is 21.7 Å². The Hall–Kier alpha value is -2.75. The predicted octanol–water partition coefficient (Wildman–Crippen LogP) is 4.31. The second-order valence-corrected chi connectivity index (χ2v) is 5.22. The Morgan fingerprint density at radius 1 is 1.14 bits per heavy atom. The van der Waals surface area contributed by atoms with Crippen LogP contribution in [0, 0.1) is 13.8 Å². The minimum Gasteiger partial charge on any atom is -0.497 e. The van der Waals surface area contributed by atoms with Crippen LogP contribution in [0.4, 0.5) is 5.69 Å². The number of ether oxygens (including phenoxy) is 1. The Morgan fingerprint density at radius 2 is 1.95 bits per heavy atom. The van der Waals surface area contributed by atoms with E-state index in [9.17, 15) is 4.79 Å². The van der Waals surface area contributed by atoms with E-state index in [1.165, 1.54) is 0 Å². The highest BCUT2D eigenvalue weighted by molar-refractivity contribution is 6.13. The third-order valence-corrected chi connectivity index (χ3v) is 3.57. The van der Waals surface area contributed by atoms with Crippen molar-refractivity contribution in [2.75, 3.05) is 12.4 Å². The summed E-state index contributed by atoms with van der Waals surface area (Å²) in [6, 6.07) is 13.1. The molecule has 0 atom stereocenters. The number of carbonyl (C=O) groups is 1. The number of hydrogen-bond donors (Lipinski definition) is 1. The molecule has 0 unspecified atom stereocenters. The van der Waals surface area contributed by atoms with Gasteiger partial charge in [0, 0.05) is 11.1 Å². The number of nitrogens with one attached hydrogen (secondary N) is 1. The molecule has 0 saturated heterocycles. The lowest BCUT2D eigenvalue weighted by Crippen LogP contribution is -2.12. The number of hydrogen-bond acceptors (Lipinski definition) is 3. The average molecular weight is 295 g/mol. The molecule has 112 valence electrons. The molecule has 2 aromatic carbocycles. The zero-order chi connectivity index (χ0) is 15.7. The average Bonchev–Trinajstić information content (AvgIpc) is 2.82. The highest BCUT2D eigenvalue weighted by atomic mass is 16.5. The van der Waals surface area contributed by atoms with Gasteiger partial charge in [-0.15, -0.1) is 0 Å². The summed E-state index contributed by atoms with van der Waals surface area (Å²) in [6.45, 7) is 3.77. The van der Waals surface area contributed by atoms with Gasteiger partial charge in [-0.25, -0.2) is 0 Å². The second kappa shape index (κ2) is 5.56. The van der Waals surface area contributed by atoms with Gasteiger partial charge in [0.05, 0.1) is 12.7 Å². The molecule has 3 aromatic rings. The minimum atomic E-state index is -0.185. The van der Waals surface area contributed by atoms with Crippen LogP contribution in [0.5, 0.6) is 5.75 Å². The highest BCUT2D eigenvalue weighted by Gasteiger charge is 2.19. The van der Waals surface area contributed by atoms with Gasteiger partial charge in [-0.2, -0.15) is 0 Å². The van der Waals surface area contributed by atoms with Crippen LogP contribution in [-0.2, 0) is 0 Å². The van der Waals surface area contributed by atoms with E-state index in [0.717, 1.165) is 16.6 Å². The molecule has 4 nitrogen and oxygen atoms in total. The van der Waals surface area contributed by atoms with Crippen molar-refractivity contribution in [1.29, 1.82) is 0 Å². The molecule has 0 fully saturated rings. The molecule has 1 aromatic heterocycles. The van der Waals surface area contributed by atoms with E-state index in [1.807, 2.05) is 49.4 Å². The van der Waals surface area contributed by atoms with Gasteiger partial charge in [-0.1, -0.05) is 12.1 Å². The summed E-state index contributed by atoms with van der Waals surface area (Å²) in [7, 11) is 1.60. The Balaban J connectivity index is 2.01. The number of fused-ring (bicyclic) bond motifs is 1. The number of furan rings is 1. The minimum absolute atomic E-state index is 0.185. The van der Waals surface area contributed by atoms with Crippen LogP contribution in [0.3, 0.4) is 0 Å². The van der Waals surface area contributed by atoms with Crippen LogP contribution < -0.4 is 10.1 Å². The highest BCUT2D eigenvalue weighted by Crippen LogP contribution is 2.29. The fraction of sp³-hybridized carbons (Fsp3) is 0.167. The van der Waals surface area contributed by atoms with E-state index in [4.69, 9.17) is 9.15 Å². The van der Waals surface area contributed by atoms with Crippen molar-refractivity contribution >= 4 is 22.6 Å². The number of benzene rings is 2. The maximum Gasteiger partial charge on any atom is 0.259 e. The van der Waals surface area contributed by atoms with Crippen LogP contribution in [0.15, 0.2) is 46.9 Å². The van der Waals surface area contributed by atoms with Crippen LogP contribution >= 0.6 is 0 Å². The summed E-state index contributed by atoms with van der Waals surface area (Å²) < 4.78 is 10.9. The smallest absolute Gasteiger partial charge is 0.259 e. The Morgan fingerprint density at radius 3 is 2.68 bits per heavy atom. The first kappa shape index (κ1) is 14.2. The van der Waals surface area contributed by atoms with Gasteiger partial charge in [0.25, 0.3) is 5.91 Å². The summed E-state index contributed by atoms with van der Waals surface area (Å²) in [5.74, 6) is 1.10. The zero-order valence-electron chi connectivity index (χ0n) is 12.8. The molecule has 0 saturated carbocycles. The number of methoxy groups -OCH3 is 1. The van der Waals surface area contributed by atoms with E-state index >= 15 is 0 Å². The van der Waals surface area contributed by atoms with E-state index in [1.54, 1.807) is 14.0 Å². The monoisotopic (exact) mass is 295 g/mol. The van der Waals surface area contributed by atoms with Crippen LogP contribution in [0.25, 0.3) is 11.0 Å². The van der Waals surface area contributed by atoms with Crippen LogP contribution in [0.2, 0.25) is 0 Å². The lowest BCUT2D eigenvalue weighted by molar-refractivity contribution is 0.102. The molecule has 0 spiro atoms. The third-order valence-electron chi connectivity index (χ3n) is 3.57. The molecule has 1 heterocycles. The second-order valence-electron chi connectivity index (χ2n) is 5.22. The van der Waals surface area contributed by atoms with E-state index in [-0.39, 0.29) is 5.91 Å². The third kappa shape index (κ3) is 2.55. The number of anilines is 1. The summed E-state index contributed by atoms with van der Waals surface area (Å²) >= 11 is 0.